The number of likely N-dealkylation sites (tertiary alicyclic amines) is 1. The molecule has 1 aliphatic heterocycles. The summed E-state index contributed by atoms with van der Waals surface area (Å²) in [7, 11) is 1.19. The molecule has 0 radical (unpaired) electrons. The molecule has 11 heteroatoms. The fourth-order valence-corrected chi connectivity index (χ4v) is 4.64. The summed E-state index contributed by atoms with van der Waals surface area (Å²) in [5.74, 6) is -1.83. The number of esters is 1. The first kappa shape index (κ1) is 24.3. The number of rotatable bonds is 5. The standard InChI is InChI=1S/C23H22ClF4N3O3/c1-12-18-9-19(22(32)33-3)20(25)10-21(18)31(29-12)16-4-5-30(11-16)13(2)14-6-15(24)8-17(7-14)34-23(26,27)28/h6-10,13,16H,4-5,11H2,1-3H3/t13?,16-/m1/s1. The maximum absolute atomic E-state index is 14.6. The molecule has 1 aromatic heterocycles. The second-order valence-electron chi connectivity index (χ2n) is 8.25. The van der Waals surface area contributed by atoms with E-state index in [-0.39, 0.29) is 28.4 Å². The van der Waals surface area contributed by atoms with Crippen molar-refractivity contribution in [1.29, 1.82) is 0 Å². The lowest BCUT2D eigenvalue weighted by Gasteiger charge is -2.25. The molecule has 2 heterocycles. The van der Waals surface area contributed by atoms with Gasteiger partial charge in [0.15, 0.2) is 0 Å². The van der Waals surface area contributed by atoms with Crippen molar-refractivity contribution in [2.75, 3.05) is 20.2 Å². The van der Waals surface area contributed by atoms with Crippen molar-refractivity contribution >= 4 is 28.5 Å². The largest absolute Gasteiger partial charge is 0.573 e. The lowest BCUT2D eigenvalue weighted by molar-refractivity contribution is -0.274. The molecule has 3 aromatic rings. The molecule has 182 valence electrons. The Kier molecular flexibility index (Phi) is 6.48. The number of methoxy groups -OCH3 is 1. The van der Waals surface area contributed by atoms with Crippen molar-refractivity contribution < 1.29 is 31.8 Å². The third-order valence-corrected chi connectivity index (χ3v) is 6.30. The van der Waals surface area contributed by atoms with E-state index in [1.807, 2.05) is 6.92 Å². The van der Waals surface area contributed by atoms with Crippen LogP contribution in [0.3, 0.4) is 0 Å². The average Bonchev–Trinajstić information content (AvgIpc) is 3.35. The summed E-state index contributed by atoms with van der Waals surface area (Å²) >= 11 is 6.03. The fraction of sp³-hybridized carbons (Fsp3) is 0.391. The molecule has 0 spiro atoms. The van der Waals surface area contributed by atoms with Crippen LogP contribution in [-0.2, 0) is 4.74 Å². The Morgan fingerprint density at radius 2 is 1.97 bits per heavy atom. The molecule has 1 saturated heterocycles. The Balaban J connectivity index is 1.58. The van der Waals surface area contributed by atoms with Gasteiger partial charge >= 0.3 is 12.3 Å². The fourth-order valence-electron chi connectivity index (χ4n) is 4.40. The van der Waals surface area contributed by atoms with Gasteiger partial charge in [0.25, 0.3) is 0 Å². The van der Waals surface area contributed by atoms with Crippen molar-refractivity contribution in [3.63, 3.8) is 0 Å². The minimum Gasteiger partial charge on any atom is -0.465 e. The summed E-state index contributed by atoms with van der Waals surface area (Å²) in [5.41, 5.74) is 1.64. The summed E-state index contributed by atoms with van der Waals surface area (Å²) in [5, 5.41) is 5.37. The van der Waals surface area contributed by atoms with Gasteiger partial charge in [-0.15, -0.1) is 13.2 Å². The molecule has 2 aromatic carbocycles. The number of ether oxygens (including phenoxy) is 2. The van der Waals surface area contributed by atoms with Gasteiger partial charge in [-0.05, 0) is 50.1 Å². The molecule has 34 heavy (non-hydrogen) atoms. The quantitative estimate of drug-likeness (QED) is 0.326. The summed E-state index contributed by atoms with van der Waals surface area (Å²) in [6.07, 6.45) is -4.11. The van der Waals surface area contributed by atoms with Gasteiger partial charge in [0.05, 0.1) is 29.9 Å². The molecular formula is C23H22ClF4N3O3. The predicted octanol–water partition coefficient (Wildman–Crippen LogP) is 5.83. The molecule has 0 bridgehead atoms. The highest BCUT2D eigenvalue weighted by molar-refractivity contribution is 6.30. The van der Waals surface area contributed by atoms with E-state index in [9.17, 15) is 22.4 Å². The van der Waals surface area contributed by atoms with Gasteiger partial charge in [-0.2, -0.15) is 5.10 Å². The minimum absolute atomic E-state index is 0.0906. The van der Waals surface area contributed by atoms with Crippen molar-refractivity contribution in [1.82, 2.24) is 14.7 Å². The van der Waals surface area contributed by atoms with E-state index in [1.54, 1.807) is 17.7 Å². The molecule has 0 amide bonds. The van der Waals surface area contributed by atoms with Gasteiger partial charge < -0.3 is 9.47 Å². The van der Waals surface area contributed by atoms with Gasteiger partial charge in [0.1, 0.15) is 11.6 Å². The second kappa shape index (κ2) is 9.07. The van der Waals surface area contributed by atoms with Crippen LogP contribution >= 0.6 is 11.6 Å². The minimum atomic E-state index is -4.81. The average molecular weight is 500 g/mol. The first-order valence-electron chi connectivity index (χ1n) is 10.5. The van der Waals surface area contributed by atoms with Gasteiger partial charge in [0, 0.05) is 35.6 Å². The van der Waals surface area contributed by atoms with Crippen LogP contribution in [0.4, 0.5) is 17.6 Å². The number of fused-ring (bicyclic) bond motifs is 1. The molecular weight excluding hydrogens is 478 g/mol. The van der Waals surface area contributed by atoms with Gasteiger partial charge in [-0.1, -0.05) is 11.6 Å². The maximum atomic E-state index is 14.6. The Hall–Kier alpha value is -2.85. The van der Waals surface area contributed by atoms with E-state index >= 15 is 0 Å². The van der Waals surface area contributed by atoms with Gasteiger partial charge in [-0.3, -0.25) is 9.58 Å². The van der Waals surface area contributed by atoms with Crippen molar-refractivity contribution in [3.05, 3.63) is 58.0 Å². The highest BCUT2D eigenvalue weighted by atomic mass is 35.5. The topological polar surface area (TPSA) is 56.6 Å². The van der Waals surface area contributed by atoms with Crippen LogP contribution in [0.5, 0.6) is 5.75 Å². The number of benzene rings is 2. The maximum Gasteiger partial charge on any atom is 0.573 e. The number of hydrogen-bond donors (Lipinski definition) is 0. The molecule has 2 atom stereocenters. The molecule has 0 N–H and O–H groups in total. The molecule has 4 rings (SSSR count). The second-order valence-corrected chi connectivity index (χ2v) is 8.69. The number of halogens is 5. The first-order valence-corrected chi connectivity index (χ1v) is 10.9. The van der Waals surface area contributed by atoms with Gasteiger partial charge in [0.2, 0.25) is 0 Å². The van der Waals surface area contributed by atoms with Gasteiger partial charge in [-0.25, -0.2) is 9.18 Å². The Morgan fingerprint density at radius 1 is 1.24 bits per heavy atom. The van der Waals surface area contributed by atoms with Crippen LogP contribution in [0.1, 0.15) is 47.0 Å². The van der Waals surface area contributed by atoms with Crippen LogP contribution in [0, 0.1) is 12.7 Å². The summed E-state index contributed by atoms with van der Waals surface area (Å²) in [6, 6.07) is 6.45. The van der Waals surface area contributed by atoms with Crippen molar-refractivity contribution in [2.45, 2.75) is 38.7 Å². The third kappa shape index (κ3) is 4.83. The summed E-state index contributed by atoms with van der Waals surface area (Å²) in [6.45, 7) is 4.85. The van der Waals surface area contributed by atoms with Crippen LogP contribution in [0.15, 0.2) is 30.3 Å². The molecule has 1 unspecified atom stereocenters. The smallest absolute Gasteiger partial charge is 0.465 e. The van der Waals surface area contributed by atoms with E-state index in [0.717, 1.165) is 6.07 Å². The number of nitrogens with zero attached hydrogens (tertiary/aromatic N) is 3. The normalized spacial score (nSPS) is 17.8. The lowest BCUT2D eigenvalue weighted by Crippen LogP contribution is -2.25. The SMILES string of the molecule is COC(=O)c1cc2c(C)nn([C@@H]3CCN(C(C)c4cc(Cl)cc(OC(F)(F)F)c4)C3)c2cc1F. The molecule has 0 aliphatic carbocycles. The summed E-state index contributed by atoms with van der Waals surface area (Å²) < 4.78 is 63.0. The van der Waals surface area contributed by atoms with Crippen LogP contribution in [0.2, 0.25) is 5.02 Å². The van der Waals surface area contributed by atoms with Crippen LogP contribution in [-0.4, -0.2) is 47.2 Å². The number of alkyl halides is 3. The van der Waals surface area contributed by atoms with E-state index in [4.69, 9.17) is 11.6 Å². The lowest BCUT2D eigenvalue weighted by atomic mass is 10.1. The van der Waals surface area contributed by atoms with E-state index in [2.05, 4.69) is 19.5 Å². The van der Waals surface area contributed by atoms with Crippen molar-refractivity contribution in [3.8, 4) is 5.75 Å². The third-order valence-electron chi connectivity index (χ3n) is 6.08. The number of carbonyl (C=O) groups is 1. The number of aryl methyl sites for hydroxylation is 1. The molecule has 0 saturated carbocycles. The van der Waals surface area contributed by atoms with Crippen LogP contribution < -0.4 is 4.74 Å². The number of hydrogen-bond acceptors (Lipinski definition) is 5. The zero-order valence-electron chi connectivity index (χ0n) is 18.6. The Labute approximate surface area is 198 Å². The van der Waals surface area contributed by atoms with E-state index < -0.39 is 18.1 Å². The van der Waals surface area contributed by atoms with Crippen molar-refractivity contribution in [2.24, 2.45) is 0 Å². The van der Waals surface area contributed by atoms with E-state index in [0.29, 0.717) is 41.7 Å². The highest BCUT2D eigenvalue weighted by Crippen LogP contribution is 2.36. The monoisotopic (exact) mass is 499 g/mol. The molecule has 1 fully saturated rings. The predicted molar refractivity (Wildman–Crippen MR) is 118 cm³/mol. The number of carbonyl (C=O) groups excluding carboxylic acids is 1. The zero-order chi connectivity index (χ0) is 24.8. The molecule has 1 aliphatic rings. The van der Waals surface area contributed by atoms with E-state index in [1.165, 1.54) is 25.3 Å². The zero-order valence-corrected chi connectivity index (χ0v) is 19.4. The first-order chi connectivity index (χ1) is 16.0. The van der Waals surface area contributed by atoms with Crippen LogP contribution in [0.25, 0.3) is 10.9 Å². The highest BCUT2D eigenvalue weighted by Gasteiger charge is 2.33. The Morgan fingerprint density at radius 3 is 2.65 bits per heavy atom. The Bertz CT molecular complexity index is 1240. The number of aromatic nitrogens is 2. The molecule has 6 nitrogen and oxygen atoms in total. The summed E-state index contributed by atoms with van der Waals surface area (Å²) in [4.78, 5) is 13.9.